The van der Waals surface area contributed by atoms with Gasteiger partial charge in [-0.05, 0) is 24.5 Å². The lowest BCUT2D eigenvalue weighted by atomic mass is 10.3. The first kappa shape index (κ1) is 10.6. The molecule has 0 aliphatic heterocycles. The van der Waals surface area contributed by atoms with Crippen molar-refractivity contribution in [2.45, 2.75) is 4.90 Å². The first-order chi connectivity index (χ1) is 6.24. The summed E-state index contributed by atoms with van der Waals surface area (Å²) in [5.41, 5.74) is 6.26. The second-order valence-corrected chi connectivity index (χ2v) is 5.17. The minimum absolute atomic E-state index is 0.676. The summed E-state index contributed by atoms with van der Waals surface area (Å²) in [6.45, 7) is 0. The molecule has 0 aliphatic rings. The molecule has 0 fully saturated rings. The van der Waals surface area contributed by atoms with Crippen molar-refractivity contribution in [2.75, 3.05) is 23.5 Å². The maximum atomic E-state index is 11.6. The first-order valence-corrected chi connectivity index (χ1v) is 6.68. The van der Waals surface area contributed by atoms with Crippen molar-refractivity contribution in [2.24, 2.45) is 0 Å². The molecule has 1 rings (SSSR count). The molecule has 4 heteroatoms. The lowest BCUT2D eigenvalue weighted by molar-refractivity contribution is 0.684. The van der Waals surface area contributed by atoms with Crippen LogP contribution in [0.4, 0.5) is 5.69 Å². The maximum absolute atomic E-state index is 11.6. The van der Waals surface area contributed by atoms with Crippen LogP contribution in [0.25, 0.3) is 0 Å². The smallest absolute Gasteiger partial charge is 0.0538 e. The number of nitrogen functional groups attached to an aromatic ring is 1. The molecular formula is C9H13NOS2. The number of hydrogen-bond donors (Lipinski definition) is 1. The van der Waals surface area contributed by atoms with Gasteiger partial charge in [-0.15, -0.1) is 0 Å². The first-order valence-electron chi connectivity index (χ1n) is 3.97. The van der Waals surface area contributed by atoms with Gasteiger partial charge in [-0.2, -0.15) is 11.8 Å². The van der Waals surface area contributed by atoms with Crippen LogP contribution in [0.1, 0.15) is 0 Å². The predicted molar refractivity (Wildman–Crippen MR) is 60.5 cm³/mol. The molecule has 72 valence electrons. The Morgan fingerprint density at radius 1 is 1.54 bits per heavy atom. The molecule has 1 atom stereocenters. The Bertz CT molecular complexity index is 301. The molecule has 1 aromatic carbocycles. The van der Waals surface area contributed by atoms with E-state index in [4.69, 9.17) is 5.73 Å². The molecule has 13 heavy (non-hydrogen) atoms. The molecule has 0 saturated heterocycles. The molecule has 2 N–H and O–H groups in total. The summed E-state index contributed by atoms with van der Waals surface area (Å²) in [5, 5.41) is 0. The van der Waals surface area contributed by atoms with Crippen LogP contribution < -0.4 is 5.73 Å². The number of rotatable bonds is 4. The molecule has 0 aliphatic carbocycles. The van der Waals surface area contributed by atoms with Gasteiger partial charge in [0.15, 0.2) is 0 Å². The quantitative estimate of drug-likeness (QED) is 0.778. The summed E-state index contributed by atoms with van der Waals surface area (Å²) in [6.07, 6.45) is 2.01. The van der Waals surface area contributed by atoms with Gasteiger partial charge in [0.1, 0.15) is 0 Å². The van der Waals surface area contributed by atoms with E-state index < -0.39 is 10.8 Å². The fraction of sp³-hybridized carbons (Fsp3) is 0.333. The Kier molecular flexibility index (Phi) is 4.32. The minimum atomic E-state index is -0.894. The molecule has 1 aromatic rings. The van der Waals surface area contributed by atoms with Gasteiger partial charge < -0.3 is 5.73 Å². The Morgan fingerprint density at radius 3 is 2.92 bits per heavy atom. The van der Waals surface area contributed by atoms with E-state index in [0.717, 1.165) is 10.6 Å². The third-order valence-electron chi connectivity index (χ3n) is 1.59. The van der Waals surface area contributed by atoms with Crippen molar-refractivity contribution >= 4 is 28.2 Å². The fourth-order valence-corrected chi connectivity index (χ4v) is 2.94. The fourth-order valence-electron chi connectivity index (χ4n) is 0.933. The van der Waals surface area contributed by atoms with E-state index in [1.807, 2.05) is 18.4 Å². The van der Waals surface area contributed by atoms with Crippen LogP contribution in [0.3, 0.4) is 0 Å². The summed E-state index contributed by atoms with van der Waals surface area (Å²) < 4.78 is 11.6. The zero-order valence-corrected chi connectivity index (χ0v) is 9.16. The molecule has 0 aromatic heterocycles. The SMILES string of the molecule is CSCCS(=O)c1cccc(N)c1. The summed E-state index contributed by atoms with van der Waals surface area (Å²) in [5.74, 6) is 1.62. The highest BCUT2D eigenvalue weighted by Gasteiger charge is 2.02. The summed E-state index contributed by atoms with van der Waals surface area (Å²) >= 11 is 1.70. The molecule has 0 bridgehead atoms. The van der Waals surface area contributed by atoms with Gasteiger partial charge >= 0.3 is 0 Å². The third-order valence-corrected chi connectivity index (χ3v) is 3.82. The lowest BCUT2D eigenvalue weighted by Crippen LogP contribution is -2.00. The van der Waals surface area contributed by atoms with Crippen molar-refractivity contribution in [3.05, 3.63) is 24.3 Å². The molecule has 2 nitrogen and oxygen atoms in total. The Morgan fingerprint density at radius 2 is 2.31 bits per heavy atom. The van der Waals surface area contributed by atoms with Gasteiger partial charge in [0.2, 0.25) is 0 Å². The largest absolute Gasteiger partial charge is 0.399 e. The van der Waals surface area contributed by atoms with Crippen LogP contribution in [0.15, 0.2) is 29.2 Å². The van der Waals surface area contributed by atoms with E-state index in [9.17, 15) is 4.21 Å². The van der Waals surface area contributed by atoms with Crippen LogP contribution >= 0.6 is 11.8 Å². The second kappa shape index (κ2) is 5.29. The van der Waals surface area contributed by atoms with Crippen LogP contribution in [-0.4, -0.2) is 22.0 Å². The number of anilines is 1. The van der Waals surface area contributed by atoms with Gasteiger partial charge in [-0.25, -0.2) is 0 Å². The van der Waals surface area contributed by atoms with Gasteiger partial charge in [-0.1, -0.05) is 6.07 Å². The number of benzene rings is 1. The molecule has 0 amide bonds. The number of thioether (sulfide) groups is 1. The Balaban J connectivity index is 2.66. The van der Waals surface area contributed by atoms with E-state index in [1.165, 1.54) is 0 Å². The molecule has 1 unspecified atom stereocenters. The zero-order chi connectivity index (χ0) is 9.68. The maximum Gasteiger partial charge on any atom is 0.0538 e. The van der Waals surface area contributed by atoms with Gasteiger partial charge in [0, 0.05) is 22.1 Å². The summed E-state index contributed by atoms with van der Waals surface area (Å²) in [6, 6.07) is 7.26. The van der Waals surface area contributed by atoms with Gasteiger partial charge in [0.25, 0.3) is 0 Å². The molecular weight excluding hydrogens is 202 g/mol. The molecule has 0 saturated carbocycles. The summed E-state index contributed by atoms with van der Waals surface area (Å²) in [4.78, 5) is 0.828. The third kappa shape index (κ3) is 3.40. The van der Waals surface area contributed by atoms with E-state index in [0.29, 0.717) is 11.4 Å². The highest BCUT2D eigenvalue weighted by atomic mass is 32.2. The van der Waals surface area contributed by atoms with Gasteiger partial charge in [0.05, 0.1) is 10.8 Å². The van der Waals surface area contributed by atoms with E-state index in [-0.39, 0.29) is 0 Å². The zero-order valence-electron chi connectivity index (χ0n) is 7.53. The van der Waals surface area contributed by atoms with Crippen molar-refractivity contribution in [3.63, 3.8) is 0 Å². The number of nitrogens with two attached hydrogens (primary N) is 1. The van der Waals surface area contributed by atoms with Crippen molar-refractivity contribution in [1.29, 1.82) is 0 Å². The predicted octanol–water partition coefficient (Wildman–Crippen LogP) is 1.74. The van der Waals surface area contributed by atoms with E-state index in [1.54, 1.807) is 23.9 Å². The van der Waals surface area contributed by atoms with Crippen LogP contribution in [0, 0.1) is 0 Å². The lowest BCUT2D eigenvalue weighted by Gasteiger charge is -2.01. The highest BCUT2D eigenvalue weighted by Crippen LogP contribution is 2.11. The van der Waals surface area contributed by atoms with Gasteiger partial charge in [-0.3, -0.25) is 4.21 Å². The van der Waals surface area contributed by atoms with Crippen molar-refractivity contribution in [3.8, 4) is 0 Å². The Hall–Kier alpha value is -0.480. The molecule has 0 heterocycles. The highest BCUT2D eigenvalue weighted by molar-refractivity contribution is 7.99. The Labute approximate surface area is 85.4 Å². The minimum Gasteiger partial charge on any atom is -0.399 e. The van der Waals surface area contributed by atoms with E-state index >= 15 is 0 Å². The van der Waals surface area contributed by atoms with Crippen LogP contribution in [-0.2, 0) is 10.8 Å². The van der Waals surface area contributed by atoms with Crippen molar-refractivity contribution < 1.29 is 4.21 Å². The standard InChI is InChI=1S/C9H13NOS2/c1-12-5-6-13(11)9-4-2-3-8(10)7-9/h2-4,7H,5-6,10H2,1H3. The summed E-state index contributed by atoms with van der Waals surface area (Å²) in [7, 11) is -0.894. The average molecular weight is 215 g/mol. The monoisotopic (exact) mass is 215 g/mol. The normalized spacial score (nSPS) is 12.7. The van der Waals surface area contributed by atoms with E-state index in [2.05, 4.69) is 0 Å². The molecule has 0 radical (unpaired) electrons. The van der Waals surface area contributed by atoms with Crippen LogP contribution in [0.2, 0.25) is 0 Å². The number of hydrogen-bond acceptors (Lipinski definition) is 3. The average Bonchev–Trinajstić information content (AvgIpc) is 2.14. The van der Waals surface area contributed by atoms with Crippen molar-refractivity contribution in [1.82, 2.24) is 0 Å². The molecule has 0 spiro atoms. The van der Waals surface area contributed by atoms with Crippen LogP contribution in [0.5, 0.6) is 0 Å². The second-order valence-electron chi connectivity index (χ2n) is 2.61. The topological polar surface area (TPSA) is 43.1 Å².